The fourth-order valence-electron chi connectivity index (χ4n) is 1.56. The lowest BCUT2D eigenvalue weighted by Gasteiger charge is -1.97. The molecule has 0 unspecified atom stereocenters. The Morgan fingerprint density at radius 1 is 1.45 bits per heavy atom. The van der Waals surface area contributed by atoms with Crippen molar-refractivity contribution in [2.24, 2.45) is 0 Å². The summed E-state index contributed by atoms with van der Waals surface area (Å²) in [5.74, 6) is -0.0630. The molecular formula is C15H15ClN2OS. The first-order chi connectivity index (χ1) is 9.70. The van der Waals surface area contributed by atoms with Gasteiger partial charge in [0.2, 0.25) is 0 Å². The number of allylic oxidation sites excluding steroid dienone is 1. The van der Waals surface area contributed by atoms with Crippen LogP contribution in [0.1, 0.15) is 28.6 Å². The minimum Gasteiger partial charge on any atom is -0.362 e. The summed E-state index contributed by atoms with van der Waals surface area (Å²) in [7, 11) is 0. The van der Waals surface area contributed by atoms with E-state index in [2.05, 4.69) is 17.2 Å². The second-order valence-corrected chi connectivity index (χ2v) is 5.61. The van der Waals surface area contributed by atoms with Crippen molar-refractivity contribution in [3.63, 3.8) is 0 Å². The van der Waals surface area contributed by atoms with E-state index in [0.29, 0.717) is 9.90 Å². The molecule has 20 heavy (non-hydrogen) atoms. The van der Waals surface area contributed by atoms with Gasteiger partial charge >= 0.3 is 0 Å². The van der Waals surface area contributed by atoms with Gasteiger partial charge < -0.3 is 5.32 Å². The number of ketones is 1. The number of nitrogens with zero attached hydrogens (tertiary/aromatic N) is 1. The minimum absolute atomic E-state index is 0.0630. The van der Waals surface area contributed by atoms with Crippen LogP contribution in [0.2, 0.25) is 5.02 Å². The Hall–Kier alpha value is -1.65. The molecule has 104 valence electrons. The number of carbonyl (C=O) groups is 1. The summed E-state index contributed by atoms with van der Waals surface area (Å²) in [5.41, 5.74) is 0.830. The zero-order valence-corrected chi connectivity index (χ0v) is 12.7. The third-order valence-electron chi connectivity index (χ3n) is 2.59. The van der Waals surface area contributed by atoms with E-state index in [1.165, 1.54) is 17.4 Å². The van der Waals surface area contributed by atoms with E-state index in [4.69, 9.17) is 11.6 Å². The van der Waals surface area contributed by atoms with Gasteiger partial charge in [0.15, 0.2) is 10.9 Å². The molecule has 1 aromatic heterocycles. The number of carbonyl (C=O) groups excluding carboxylic acids is 1. The third-order valence-corrected chi connectivity index (χ3v) is 3.91. The van der Waals surface area contributed by atoms with Crippen LogP contribution in [-0.4, -0.2) is 17.3 Å². The van der Waals surface area contributed by atoms with E-state index >= 15 is 0 Å². The van der Waals surface area contributed by atoms with Crippen LogP contribution in [0.3, 0.4) is 0 Å². The van der Waals surface area contributed by atoms with Crippen molar-refractivity contribution in [3.05, 3.63) is 52.0 Å². The maximum Gasteiger partial charge on any atom is 0.197 e. The Balaban J connectivity index is 2.05. The quantitative estimate of drug-likeness (QED) is 0.630. The number of rotatable bonds is 6. The second-order valence-electron chi connectivity index (χ2n) is 4.18. The van der Waals surface area contributed by atoms with Gasteiger partial charge in [-0.2, -0.15) is 0 Å². The molecule has 0 amide bonds. The second kappa shape index (κ2) is 7.22. The Labute approximate surface area is 127 Å². The molecule has 1 aromatic carbocycles. The highest BCUT2D eigenvalue weighted by atomic mass is 35.5. The van der Waals surface area contributed by atoms with Crippen LogP contribution in [0.5, 0.6) is 0 Å². The lowest BCUT2D eigenvalue weighted by Crippen LogP contribution is -1.97. The first-order valence-corrected chi connectivity index (χ1v) is 7.56. The zero-order chi connectivity index (χ0) is 14.4. The number of nitrogens with one attached hydrogen (secondary N) is 1. The van der Waals surface area contributed by atoms with Gasteiger partial charge in [0.05, 0.1) is 11.1 Å². The van der Waals surface area contributed by atoms with Crippen molar-refractivity contribution in [2.45, 2.75) is 13.3 Å². The van der Waals surface area contributed by atoms with Gasteiger partial charge in [-0.1, -0.05) is 48.1 Å². The molecule has 0 radical (unpaired) electrons. The highest BCUT2D eigenvalue weighted by Crippen LogP contribution is 2.20. The Kier molecular flexibility index (Phi) is 5.32. The lowest BCUT2D eigenvalue weighted by molar-refractivity contribution is 0.105. The molecule has 0 saturated carbocycles. The van der Waals surface area contributed by atoms with Crippen LogP contribution in [0, 0.1) is 0 Å². The average molecular weight is 307 g/mol. The van der Waals surface area contributed by atoms with E-state index in [1.54, 1.807) is 18.3 Å². The Morgan fingerprint density at radius 3 is 3.00 bits per heavy atom. The number of thiazole rings is 1. The molecule has 0 aliphatic rings. The number of anilines is 1. The van der Waals surface area contributed by atoms with Gasteiger partial charge in [0, 0.05) is 11.6 Å². The molecule has 0 spiro atoms. The highest BCUT2D eigenvalue weighted by Gasteiger charge is 2.07. The van der Waals surface area contributed by atoms with Crippen molar-refractivity contribution < 1.29 is 4.79 Å². The maximum atomic E-state index is 12.0. The molecular weight excluding hydrogens is 292 g/mol. The molecule has 5 heteroatoms. The zero-order valence-electron chi connectivity index (χ0n) is 11.1. The van der Waals surface area contributed by atoms with Gasteiger partial charge in [0.25, 0.3) is 0 Å². The SMILES string of the molecule is CCCNc1ncc(C(=O)C=Cc2ccccc2Cl)s1. The van der Waals surface area contributed by atoms with Gasteiger partial charge in [0.1, 0.15) is 0 Å². The van der Waals surface area contributed by atoms with Gasteiger partial charge in [-0.25, -0.2) is 4.98 Å². The van der Waals surface area contributed by atoms with Crippen molar-refractivity contribution >= 4 is 39.9 Å². The number of benzene rings is 1. The molecule has 0 fully saturated rings. The molecule has 0 saturated heterocycles. The lowest BCUT2D eigenvalue weighted by atomic mass is 10.2. The summed E-state index contributed by atoms with van der Waals surface area (Å²) in [5, 5.41) is 4.57. The van der Waals surface area contributed by atoms with Crippen LogP contribution < -0.4 is 5.32 Å². The fourth-order valence-corrected chi connectivity index (χ4v) is 2.52. The number of aromatic nitrogens is 1. The molecule has 0 atom stereocenters. The van der Waals surface area contributed by atoms with E-state index in [1.807, 2.05) is 18.2 Å². The summed E-state index contributed by atoms with van der Waals surface area (Å²) in [4.78, 5) is 16.8. The normalized spacial score (nSPS) is 10.9. The van der Waals surface area contributed by atoms with Crippen molar-refractivity contribution in [1.29, 1.82) is 0 Å². The summed E-state index contributed by atoms with van der Waals surface area (Å²) in [6.07, 6.45) is 5.87. The van der Waals surface area contributed by atoms with Crippen molar-refractivity contribution in [1.82, 2.24) is 4.98 Å². The van der Waals surface area contributed by atoms with Crippen LogP contribution in [0.4, 0.5) is 5.13 Å². The number of hydrogen-bond acceptors (Lipinski definition) is 4. The Morgan fingerprint density at radius 2 is 2.25 bits per heavy atom. The van der Waals surface area contributed by atoms with E-state index in [-0.39, 0.29) is 5.78 Å². The molecule has 3 nitrogen and oxygen atoms in total. The van der Waals surface area contributed by atoms with Gasteiger partial charge in [-0.05, 0) is 30.2 Å². The average Bonchev–Trinajstić information content (AvgIpc) is 2.93. The standard InChI is InChI=1S/C15H15ClN2OS/c1-2-9-17-15-18-10-14(20-15)13(19)8-7-11-5-3-4-6-12(11)16/h3-8,10H,2,9H2,1H3,(H,17,18). The van der Waals surface area contributed by atoms with Gasteiger partial charge in [-0.3, -0.25) is 4.79 Å². The summed E-state index contributed by atoms with van der Waals surface area (Å²) >= 11 is 7.40. The van der Waals surface area contributed by atoms with E-state index < -0.39 is 0 Å². The molecule has 0 aliphatic heterocycles. The third kappa shape index (κ3) is 3.92. The van der Waals surface area contributed by atoms with E-state index in [0.717, 1.165) is 23.7 Å². The maximum absolute atomic E-state index is 12.0. The molecule has 0 aliphatic carbocycles. The first-order valence-electron chi connectivity index (χ1n) is 6.37. The number of hydrogen-bond donors (Lipinski definition) is 1. The predicted octanol–water partition coefficient (Wildman–Crippen LogP) is 4.51. The summed E-state index contributed by atoms with van der Waals surface area (Å²) in [6.45, 7) is 2.94. The van der Waals surface area contributed by atoms with Crippen LogP contribution in [0.15, 0.2) is 36.5 Å². The fraction of sp³-hybridized carbons (Fsp3) is 0.200. The van der Waals surface area contributed by atoms with Crippen LogP contribution in [0.25, 0.3) is 6.08 Å². The monoisotopic (exact) mass is 306 g/mol. The Bertz CT molecular complexity index is 622. The molecule has 2 rings (SSSR count). The van der Waals surface area contributed by atoms with Crippen molar-refractivity contribution in [2.75, 3.05) is 11.9 Å². The summed E-state index contributed by atoms with van der Waals surface area (Å²) < 4.78 is 0. The smallest absolute Gasteiger partial charge is 0.197 e. The van der Waals surface area contributed by atoms with Crippen LogP contribution >= 0.6 is 22.9 Å². The predicted molar refractivity (Wildman–Crippen MR) is 85.7 cm³/mol. The van der Waals surface area contributed by atoms with Crippen LogP contribution in [-0.2, 0) is 0 Å². The van der Waals surface area contributed by atoms with Gasteiger partial charge in [-0.15, -0.1) is 0 Å². The van der Waals surface area contributed by atoms with E-state index in [9.17, 15) is 4.79 Å². The first kappa shape index (κ1) is 14.8. The number of halogens is 1. The summed E-state index contributed by atoms with van der Waals surface area (Å²) in [6, 6.07) is 7.41. The molecule has 0 bridgehead atoms. The molecule has 1 N–H and O–H groups in total. The molecule has 1 heterocycles. The molecule has 2 aromatic rings. The highest BCUT2D eigenvalue weighted by molar-refractivity contribution is 7.17. The van der Waals surface area contributed by atoms with Crippen molar-refractivity contribution in [3.8, 4) is 0 Å². The largest absolute Gasteiger partial charge is 0.362 e. The minimum atomic E-state index is -0.0630. The topological polar surface area (TPSA) is 42.0 Å².